The summed E-state index contributed by atoms with van der Waals surface area (Å²) in [5.74, 6) is 0.430. The number of aromatic amines is 1. The number of anilines is 1. The largest absolute Gasteiger partial charge is 0.354 e. The maximum atomic E-state index is 12.5. The van der Waals surface area contributed by atoms with Gasteiger partial charge in [0.1, 0.15) is 0 Å². The van der Waals surface area contributed by atoms with E-state index in [2.05, 4.69) is 32.4 Å². The highest BCUT2D eigenvalue weighted by Gasteiger charge is 2.20. The molecular formula is C19H24N6O. The summed E-state index contributed by atoms with van der Waals surface area (Å²) in [6.45, 7) is 1.94. The Morgan fingerprint density at radius 2 is 2.12 bits per heavy atom. The number of likely N-dealkylation sites (tertiary alicyclic amines) is 1. The minimum atomic E-state index is -0.225. The Morgan fingerprint density at radius 3 is 2.88 bits per heavy atom. The highest BCUT2D eigenvalue weighted by atomic mass is 16.1. The van der Waals surface area contributed by atoms with Gasteiger partial charge in [-0.25, -0.2) is 0 Å². The zero-order valence-corrected chi connectivity index (χ0v) is 15.2. The lowest BCUT2D eigenvalue weighted by atomic mass is 10.1. The second-order valence-corrected chi connectivity index (χ2v) is 7.01. The van der Waals surface area contributed by atoms with E-state index in [4.69, 9.17) is 0 Å². The average molecular weight is 352 g/mol. The highest BCUT2D eigenvalue weighted by Crippen LogP contribution is 2.26. The van der Waals surface area contributed by atoms with Crippen molar-refractivity contribution in [2.75, 3.05) is 25.5 Å². The van der Waals surface area contributed by atoms with Gasteiger partial charge in [0.25, 0.3) is 5.56 Å². The second kappa shape index (κ2) is 6.92. The summed E-state index contributed by atoms with van der Waals surface area (Å²) in [6, 6.07) is 8.57. The number of fused-ring (bicyclic) bond motifs is 1. The third kappa shape index (κ3) is 3.10. The van der Waals surface area contributed by atoms with Crippen LogP contribution in [0.1, 0.15) is 19.3 Å². The zero-order valence-electron chi connectivity index (χ0n) is 15.2. The Hall–Kier alpha value is -2.67. The molecule has 1 aromatic carbocycles. The van der Waals surface area contributed by atoms with Crippen molar-refractivity contribution in [2.45, 2.75) is 25.3 Å². The maximum Gasteiger partial charge on any atom is 0.279 e. The molecule has 0 bridgehead atoms. The number of para-hydroxylation sites is 1. The molecule has 2 aromatic heterocycles. The van der Waals surface area contributed by atoms with E-state index in [1.54, 1.807) is 0 Å². The van der Waals surface area contributed by atoms with E-state index in [1.165, 1.54) is 19.4 Å². The zero-order chi connectivity index (χ0) is 18.1. The van der Waals surface area contributed by atoms with Gasteiger partial charge in [-0.05, 0) is 38.9 Å². The lowest BCUT2D eigenvalue weighted by Crippen LogP contribution is -2.27. The molecule has 1 unspecified atom stereocenters. The molecule has 0 amide bonds. The van der Waals surface area contributed by atoms with Gasteiger partial charge in [-0.2, -0.15) is 0 Å². The molecule has 0 radical (unpaired) electrons. The summed E-state index contributed by atoms with van der Waals surface area (Å²) in [5, 5.41) is 12.6. The quantitative estimate of drug-likeness (QED) is 0.736. The van der Waals surface area contributed by atoms with Crippen molar-refractivity contribution in [2.24, 2.45) is 7.05 Å². The number of hydrogen-bond donors (Lipinski definition) is 2. The molecular weight excluding hydrogens is 328 g/mol. The first kappa shape index (κ1) is 16.8. The summed E-state index contributed by atoms with van der Waals surface area (Å²) >= 11 is 0. The summed E-state index contributed by atoms with van der Waals surface area (Å²) in [5.41, 5.74) is 1.99. The minimum absolute atomic E-state index is 0.225. The van der Waals surface area contributed by atoms with E-state index in [9.17, 15) is 4.79 Å². The van der Waals surface area contributed by atoms with E-state index in [0.717, 1.165) is 29.4 Å². The summed E-state index contributed by atoms with van der Waals surface area (Å²) in [4.78, 5) is 17.8. The Balaban J connectivity index is 1.51. The Morgan fingerprint density at radius 1 is 1.27 bits per heavy atom. The van der Waals surface area contributed by atoms with Gasteiger partial charge < -0.3 is 14.8 Å². The number of nitrogens with one attached hydrogen (secondary N) is 2. The van der Waals surface area contributed by atoms with Crippen molar-refractivity contribution in [1.29, 1.82) is 0 Å². The van der Waals surface area contributed by atoms with E-state index in [1.807, 2.05) is 42.1 Å². The predicted octanol–water partition coefficient (Wildman–Crippen LogP) is 2.22. The van der Waals surface area contributed by atoms with E-state index >= 15 is 0 Å². The molecule has 1 aliphatic rings. The molecule has 0 saturated carbocycles. The average Bonchev–Trinajstić information content (AvgIpc) is 3.19. The second-order valence-electron chi connectivity index (χ2n) is 7.01. The van der Waals surface area contributed by atoms with Gasteiger partial charge in [-0.3, -0.25) is 9.78 Å². The number of aromatic nitrogens is 4. The Bertz CT molecular complexity index is 976. The molecule has 2 N–H and O–H groups in total. The summed E-state index contributed by atoms with van der Waals surface area (Å²) < 4.78 is 2.00. The molecule has 26 heavy (non-hydrogen) atoms. The van der Waals surface area contributed by atoms with Crippen LogP contribution in [0.15, 0.2) is 35.3 Å². The smallest absolute Gasteiger partial charge is 0.279 e. The molecule has 1 aliphatic heterocycles. The van der Waals surface area contributed by atoms with Crippen LogP contribution < -0.4 is 10.9 Å². The van der Waals surface area contributed by atoms with Crippen LogP contribution in [0.2, 0.25) is 0 Å². The number of benzene rings is 1. The van der Waals surface area contributed by atoms with E-state index in [0.29, 0.717) is 17.7 Å². The van der Waals surface area contributed by atoms with Crippen molar-refractivity contribution >= 4 is 16.9 Å². The van der Waals surface area contributed by atoms with Gasteiger partial charge in [-0.1, -0.05) is 18.2 Å². The number of nitrogens with zero attached hydrogens (tertiary/aromatic N) is 4. The van der Waals surface area contributed by atoms with Crippen LogP contribution in [-0.2, 0) is 7.05 Å². The van der Waals surface area contributed by atoms with Crippen LogP contribution in [0.25, 0.3) is 22.2 Å². The topological polar surface area (TPSA) is 78.8 Å². The van der Waals surface area contributed by atoms with Gasteiger partial charge in [0.2, 0.25) is 5.95 Å². The molecule has 0 aliphatic carbocycles. The maximum absolute atomic E-state index is 12.5. The Labute approximate surface area is 152 Å². The first-order valence-electron chi connectivity index (χ1n) is 9.09. The lowest BCUT2D eigenvalue weighted by molar-refractivity contribution is 0.301. The molecule has 136 valence electrons. The molecule has 1 fully saturated rings. The molecule has 4 rings (SSSR count). The fourth-order valence-corrected chi connectivity index (χ4v) is 3.82. The number of rotatable bonds is 5. The van der Waals surface area contributed by atoms with E-state index < -0.39 is 0 Å². The predicted molar refractivity (Wildman–Crippen MR) is 103 cm³/mol. The molecule has 3 heterocycles. The van der Waals surface area contributed by atoms with Gasteiger partial charge in [0, 0.05) is 42.3 Å². The molecule has 0 spiro atoms. The van der Waals surface area contributed by atoms with Gasteiger partial charge in [0.05, 0.1) is 0 Å². The van der Waals surface area contributed by atoms with Crippen LogP contribution in [-0.4, -0.2) is 50.8 Å². The monoisotopic (exact) mass is 352 g/mol. The Kier molecular flexibility index (Phi) is 4.46. The van der Waals surface area contributed by atoms with Crippen molar-refractivity contribution in [3.05, 3.63) is 40.8 Å². The molecule has 7 heteroatoms. The van der Waals surface area contributed by atoms with Crippen LogP contribution in [0.5, 0.6) is 0 Å². The number of hydrogen-bond acceptors (Lipinski definition) is 5. The third-order valence-electron chi connectivity index (χ3n) is 5.29. The van der Waals surface area contributed by atoms with E-state index in [-0.39, 0.29) is 5.56 Å². The normalized spacial score (nSPS) is 17.8. The standard InChI is InChI=1S/C19H24N6O/c1-24-11-5-6-13(24)9-10-20-19-21-18(26)17(22-23-19)15-12-25(2)16-8-4-3-7-14(15)16/h3-4,7-8,12-13H,5-6,9-11H2,1-2H3,(H2,20,21,23,26). The molecule has 7 nitrogen and oxygen atoms in total. The van der Waals surface area contributed by atoms with Crippen LogP contribution >= 0.6 is 0 Å². The fourth-order valence-electron chi connectivity index (χ4n) is 3.82. The van der Waals surface area contributed by atoms with Crippen molar-refractivity contribution < 1.29 is 0 Å². The first-order chi connectivity index (χ1) is 12.6. The van der Waals surface area contributed by atoms with Crippen molar-refractivity contribution in [3.63, 3.8) is 0 Å². The third-order valence-corrected chi connectivity index (χ3v) is 5.29. The van der Waals surface area contributed by atoms with Crippen LogP contribution in [0.3, 0.4) is 0 Å². The van der Waals surface area contributed by atoms with Crippen LogP contribution in [0.4, 0.5) is 5.95 Å². The van der Waals surface area contributed by atoms with Gasteiger partial charge in [0.15, 0.2) is 5.69 Å². The highest BCUT2D eigenvalue weighted by molar-refractivity contribution is 5.94. The molecule has 1 atom stereocenters. The SMILES string of the molecule is CN1CCCC1CCNc1nnc(-c2cn(C)c3ccccc23)c(=O)[nH]1. The minimum Gasteiger partial charge on any atom is -0.354 e. The number of aryl methyl sites for hydroxylation is 1. The summed E-state index contributed by atoms with van der Waals surface area (Å²) in [6.07, 6.45) is 5.45. The first-order valence-corrected chi connectivity index (χ1v) is 9.09. The van der Waals surface area contributed by atoms with Crippen molar-refractivity contribution in [1.82, 2.24) is 24.6 Å². The lowest BCUT2D eigenvalue weighted by Gasteiger charge is -2.19. The summed E-state index contributed by atoms with van der Waals surface area (Å²) in [7, 11) is 4.13. The van der Waals surface area contributed by atoms with Gasteiger partial charge >= 0.3 is 0 Å². The van der Waals surface area contributed by atoms with Crippen molar-refractivity contribution in [3.8, 4) is 11.3 Å². The van der Waals surface area contributed by atoms with Gasteiger partial charge in [-0.15, -0.1) is 10.2 Å². The number of H-pyrrole nitrogens is 1. The fraction of sp³-hybridized carbons (Fsp3) is 0.421. The molecule has 1 saturated heterocycles. The molecule has 3 aromatic rings. The van der Waals surface area contributed by atoms with Crippen LogP contribution in [0, 0.1) is 0 Å².